The third-order valence-corrected chi connectivity index (χ3v) is 8.23. The molecule has 0 spiro atoms. The summed E-state index contributed by atoms with van der Waals surface area (Å²) in [4.78, 5) is 25.1. The van der Waals surface area contributed by atoms with E-state index in [9.17, 15) is 4.79 Å². The van der Waals surface area contributed by atoms with Crippen LogP contribution >= 0.6 is 0 Å². The first-order valence-electron chi connectivity index (χ1n) is 13.7. The molecule has 4 aromatic rings. The van der Waals surface area contributed by atoms with E-state index in [1.165, 1.54) is 42.5 Å². The number of likely N-dealkylation sites (N-methyl/N-ethyl adjacent to an activating group) is 1. The third kappa shape index (κ3) is 4.63. The zero-order valence-electron chi connectivity index (χ0n) is 22.6. The largest absolute Gasteiger partial charge is 0.385 e. The number of benzene rings is 2. The number of hydrogen-bond acceptors (Lipinski definition) is 4. The van der Waals surface area contributed by atoms with Crippen molar-refractivity contribution < 1.29 is 9.53 Å². The highest BCUT2D eigenvalue weighted by atomic mass is 16.5. The minimum absolute atomic E-state index is 0.0276. The Balaban J connectivity index is 1.30. The molecule has 0 saturated heterocycles. The molecule has 0 fully saturated rings. The van der Waals surface area contributed by atoms with Crippen LogP contribution in [0.15, 0.2) is 54.9 Å². The van der Waals surface area contributed by atoms with Crippen LogP contribution in [-0.2, 0) is 17.7 Å². The molecule has 6 rings (SSSR count). The highest BCUT2D eigenvalue weighted by molar-refractivity contribution is 5.98. The zero-order valence-corrected chi connectivity index (χ0v) is 22.6. The fourth-order valence-corrected chi connectivity index (χ4v) is 6.37. The minimum Gasteiger partial charge on any atom is -0.385 e. The molecule has 1 atom stereocenters. The van der Waals surface area contributed by atoms with Crippen molar-refractivity contribution in [2.75, 3.05) is 40.9 Å². The Labute approximate surface area is 224 Å². The number of methoxy groups -OCH3 is 1. The summed E-state index contributed by atoms with van der Waals surface area (Å²) in [7, 11) is 5.76. The van der Waals surface area contributed by atoms with E-state index >= 15 is 0 Å². The summed E-state index contributed by atoms with van der Waals surface area (Å²) in [6, 6.07) is 15.0. The molecule has 38 heavy (non-hydrogen) atoms. The van der Waals surface area contributed by atoms with Crippen molar-refractivity contribution in [2.24, 2.45) is 0 Å². The van der Waals surface area contributed by atoms with Gasteiger partial charge in [-0.05, 0) is 90.7 Å². The van der Waals surface area contributed by atoms with Crippen LogP contribution in [0, 0.1) is 0 Å². The number of fused-ring (bicyclic) bond motifs is 1. The number of pyridine rings is 1. The Morgan fingerprint density at radius 1 is 1.13 bits per heavy atom. The first kappa shape index (κ1) is 24.8. The number of nitrogens with one attached hydrogen (secondary N) is 1. The van der Waals surface area contributed by atoms with Crippen molar-refractivity contribution >= 4 is 16.9 Å². The summed E-state index contributed by atoms with van der Waals surface area (Å²) >= 11 is 0. The van der Waals surface area contributed by atoms with Crippen molar-refractivity contribution in [3.63, 3.8) is 0 Å². The molecule has 6 nitrogen and oxygen atoms in total. The average Bonchev–Trinajstić information content (AvgIpc) is 3.36. The van der Waals surface area contributed by atoms with E-state index in [1.807, 2.05) is 43.7 Å². The molecule has 0 radical (unpaired) electrons. The van der Waals surface area contributed by atoms with Crippen molar-refractivity contribution in [1.82, 2.24) is 19.8 Å². The van der Waals surface area contributed by atoms with Gasteiger partial charge in [0, 0.05) is 74.9 Å². The molecule has 1 aliphatic carbocycles. The van der Waals surface area contributed by atoms with Gasteiger partial charge in [-0.15, -0.1) is 0 Å². The van der Waals surface area contributed by atoms with Crippen molar-refractivity contribution in [1.29, 1.82) is 0 Å². The van der Waals surface area contributed by atoms with Gasteiger partial charge in [-0.1, -0.05) is 18.2 Å². The summed E-state index contributed by atoms with van der Waals surface area (Å²) < 4.78 is 5.11. The fourth-order valence-electron chi connectivity index (χ4n) is 6.37. The number of aryl methyl sites for hydroxylation is 1. The molecule has 1 amide bonds. The van der Waals surface area contributed by atoms with Crippen LogP contribution in [0.5, 0.6) is 0 Å². The summed E-state index contributed by atoms with van der Waals surface area (Å²) in [5.41, 5.74) is 10.8. The number of ether oxygens (including phenoxy) is 1. The van der Waals surface area contributed by atoms with Gasteiger partial charge in [0.25, 0.3) is 5.91 Å². The van der Waals surface area contributed by atoms with Crippen LogP contribution in [0.1, 0.15) is 52.2 Å². The number of rotatable bonds is 7. The second-order valence-electron chi connectivity index (χ2n) is 11.0. The highest BCUT2D eigenvalue weighted by Crippen LogP contribution is 2.41. The van der Waals surface area contributed by atoms with Gasteiger partial charge >= 0.3 is 0 Å². The summed E-state index contributed by atoms with van der Waals surface area (Å²) in [6.07, 6.45) is 8.59. The SMILES string of the molecule is COCCCN(C)C(=O)c1ccc(-c2c[nH]c3ncc(-c4cc5c6c(c4)CN(C)CC6CCC5)cc23)cc1. The number of carbonyl (C=O) groups is 1. The molecule has 196 valence electrons. The van der Waals surface area contributed by atoms with Gasteiger partial charge in [0.05, 0.1) is 0 Å². The Morgan fingerprint density at radius 2 is 1.95 bits per heavy atom. The van der Waals surface area contributed by atoms with E-state index in [2.05, 4.69) is 35.1 Å². The number of carbonyl (C=O) groups excluding carboxylic acids is 1. The quantitative estimate of drug-likeness (QED) is 0.317. The predicted octanol–water partition coefficient (Wildman–Crippen LogP) is 5.87. The standard InChI is InChI=1S/C32H36N4O2/c1-35-19-24-7-4-6-23-14-25(15-27(20-35)30(23)24)26-16-28-29(18-34-31(28)33-17-26)21-8-10-22(11-9-21)32(37)36(2)12-5-13-38-3/h8-11,14-18,24H,4-7,12-13,19-20H2,1-3H3,(H,33,34). The zero-order chi connectivity index (χ0) is 26.2. The fraction of sp³-hybridized carbons (Fsp3) is 0.375. The molecule has 1 aliphatic heterocycles. The molecule has 0 saturated carbocycles. The number of hydrogen-bond donors (Lipinski definition) is 1. The van der Waals surface area contributed by atoms with Crippen LogP contribution in [0.4, 0.5) is 0 Å². The molecule has 2 aromatic carbocycles. The predicted molar refractivity (Wildman–Crippen MR) is 152 cm³/mol. The van der Waals surface area contributed by atoms with Gasteiger partial charge in [0.15, 0.2) is 0 Å². The Kier molecular flexibility index (Phi) is 6.76. The molecule has 0 bridgehead atoms. The summed E-state index contributed by atoms with van der Waals surface area (Å²) in [5.74, 6) is 0.707. The van der Waals surface area contributed by atoms with Crippen molar-refractivity contribution in [2.45, 2.75) is 38.1 Å². The van der Waals surface area contributed by atoms with Crippen LogP contribution < -0.4 is 0 Å². The summed E-state index contributed by atoms with van der Waals surface area (Å²) in [5, 5.41) is 1.10. The van der Waals surface area contributed by atoms with Crippen LogP contribution in [0.25, 0.3) is 33.3 Å². The topological polar surface area (TPSA) is 61.5 Å². The molecule has 2 aliphatic rings. The van der Waals surface area contributed by atoms with Crippen LogP contribution in [0.2, 0.25) is 0 Å². The lowest BCUT2D eigenvalue weighted by Gasteiger charge is -2.37. The summed E-state index contributed by atoms with van der Waals surface area (Å²) in [6.45, 7) is 3.52. The first-order valence-corrected chi connectivity index (χ1v) is 13.7. The van der Waals surface area contributed by atoms with Gasteiger partial charge in [-0.2, -0.15) is 0 Å². The van der Waals surface area contributed by atoms with E-state index in [4.69, 9.17) is 9.72 Å². The number of nitrogens with zero attached hydrogens (tertiary/aromatic N) is 3. The monoisotopic (exact) mass is 508 g/mol. The lowest BCUT2D eigenvalue weighted by Crippen LogP contribution is -2.33. The van der Waals surface area contributed by atoms with Gasteiger partial charge in [-0.25, -0.2) is 4.98 Å². The lowest BCUT2D eigenvalue weighted by molar-refractivity contribution is 0.0779. The van der Waals surface area contributed by atoms with Gasteiger partial charge in [0.1, 0.15) is 5.65 Å². The molecule has 6 heteroatoms. The van der Waals surface area contributed by atoms with E-state index in [0.29, 0.717) is 24.6 Å². The smallest absolute Gasteiger partial charge is 0.253 e. The Hall–Kier alpha value is -3.48. The molecular weight excluding hydrogens is 472 g/mol. The van der Waals surface area contributed by atoms with Gasteiger partial charge in [-0.3, -0.25) is 4.79 Å². The molecule has 1 N–H and O–H groups in total. The molecule has 1 unspecified atom stereocenters. The number of amides is 1. The van der Waals surface area contributed by atoms with E-state index in [1.54, 1.807) is 17.6 Å². The second-order valence-corrected chi connectivity index (χ2v) is 11.0. The van der Waals surface area contributed by atoms with Crippen molar-refractivity contribution in [3.8, 4) is 22.3 Å². The second kappa shape index (κ2) is 10.4. The number of aromatic amines is 1. The molecule has 2 aromatic heterocycles. The Morgan fingerprint density at radius 3 is 2.76 bits per heavy atom. The average molecular weight is 509 g/mol. The first-order chi connectivity index (χ1) is 18.5. The lowest BCUT2D eigenvalue weighted by atomic mass is 9.76. The van der Waals surface area contributed by atoms with Gasteiger partial charge < -0.3 is 19.5 Å². The molecular formula is C32H36N4O2. The van der Waals surface area contributed by atoms with Crippen LogP contribution in [0.3, 0.4) is 0 Å². The normalized spacial score (nSPS) is 17.0. The van der Waals surface area contributed by atoms with Gasteiger partial charge in [0.2, 0.25) is 0 Å². The van der Waals surface area contributed by atoms with Crippen molar-refractivity contribution in [3.05, 3.63) is 77.1 Å². The number of H-pyrrole nitrogens is 1. The van der Waals surface area contributed by atoms with E-state index in [0.717, 1.165) is 40.7 Å². The maximum Gasteiger partial charge on any atom is 0.253 e. The Bertz CT molecular complexity index is 1470. The van der Waals surface area contributed by atoms with E-state index in [-0.39, 0.29) is 5.91 Å². The highest BCUT2D eigenvalue weighted by Gasteiger charge is 2.29. The van der Waals surface area contributed by atoms with Crippen LogP contribution in [-0.4, -0.2) is 66.6 Å². The minimum atomic E-state index is 0.0276. The number of aromatic nitrogens is 2. The molecule has 3 heterocycles. The third-order valence-electron chi connectivity index (χ3n) is 8.23. The maximum absolute atomic E-state index is 12.8. The van der Waals surface area contributed by atoms with E-state index < -0.39 is 0 Å². The maximum atomic E-state index is 12.8.